The zero-order valence-corrected chi connectivity index (χ0v) is 13.4. The lowest BCUT2D eigenvalue weighted by Crippen LogP contribution is -2.39. The molecular formula is C16H14F6O4. The van der Waals surface area contributed by atoms with Crippen LogP contribution in [0.3, 0.4) is 0 Å². The molecule has 0 aliphatic rings. The minimum atomic E-state index is -5.14. The van der Waals surface area contributed by atoms with Gasteiger partial charge >= 0.3 is 12.4 Å². The van der Waals surface area contributed by atoms with Gasteiger partial charge in [0.2, 0.25) is 0 Å². The molecule has 2 aromatic rings. The number of aromatic hydroxyl groups is 2. The van der Waals surface area contributed by atoms with Gasteiger partial charge in [0.05, 0.1) is 0 Å². The van der Waals surface area contributed by atoms with Crippen molar-refractivity contribution in [2.45, 2.75) is 37.4 Å². The maximum absolute atomic E-state index is 13.0. The van der Waals surface area contributed by atoms with Gasteiger partial charge in [-0.15, -0.1) is 0 Å². The van der Waals surface area contributed by atoms with Gasteiger partial charge in [0.15, 0.2) is 11.2 Å². The van der Waals surface area contributed by atoms with E-state index in [4.69, 9.17) is 0 Å². The number of hydrogen-bond acceptors (Lipinski definition) is 4. The molecule has 0 spiro atoms. The summed E-state index contributed by atoms with van der Waals surface area (Å²) in [6.07, 6.45) is -10.3. The van der Waals surface area contributed by atoms with Gasteiger partial charge in [0.1, 0.15) is 11.5 Å². The molecule has 0 heterocycles. The first-order valence-corrected chi connectivity index (χ1v) is 7.09. The Morgan fingerprint density at radius 2 is 0.885 bits per heavy atom. The molecule has 0 amide bonds. The molecule has 0 aliphatic heterocycles. The fraction of sp³-hybridized carbons (Fsp3) is 0.375. The summed E-state index contributed by atoms with van der Waals surface area (Å²) in [5.41, 5.74) is -8.74. The topological polar surface area (TPSA) is 80.9 Å². The summed E-state index contributed by atoms with van der Waals surface area (Å²) in [6.45, 7) is 0.799. The summed E-state index contributed by atoms with van der Waals surface area (Å²) >= 11 is 0. The number of alkyl halides is 6. The van der Waals surface area contributed by atoms with Crippen molar-refractivity contribution >= 4 is 10.8 Å². The monoisotopic (exact) mass is 384 g/mol. The van der Waals surface area contributed by atoms with Crippen molar-refractivity contribution in [3.63, 3.8) is 0 Å². The molecule has 144 valence electrons. The molecule has 2 rings (SSSR count). The average molecular weight is 384 g/mol. The van der Waals surface area contributed by atoms with E-state index < -0.39 is 46.2 Å². The van der Waals surface area contributed by atoms with Crippen molar-refractivity contribution in [2.75, 3.05) is 0 Å². The molecule has 2 unspecified atom stereocenters. The van der Waals surface area contributed by atoms with Crippen LogP contribution in [-0.4, -0.2) is 32.8 Å². The third-order valence-corrected chi connectivity index (χ3v) is 4.22. The minimum absolute atomic E-state index is 0.179. The molecule has 26 heavy (non-hydrogen) atoms. The van der Waals surface area contributed by atoms with E-state index in [-0.39, 0.29) is 10.8 Å². The molecule has 0 aromatic heterocycles. The van der Waals surface area contributed by atoms with Crippen molar-refractivity contribution in [1.82, 2.24) is 0 Å². The van der Waals surface area contributed by atoms with E-state index in [0.717, 1.165) is 0 Å². The van der Waals surface area contributed by atoms with Crippen LogP contribution in [0.5, 0.6) is 11.5 Å². The first-order valence-electron chi connectivity index (χ1n) is 7.09. The highest BCUT2D eigenvalue weighted by Crippen LogP contribution is 2.46. The number of aliphatic hydroxyl groups is 2. The van der Waals surface area contributed by atoms with Gasteiger partial charge in [-0.1, -0.05) is 0 Å². The summed E-state index contributed by atoms with van der Waals surface area (Å²) in [6, 6.07) is 2.81. The van der Waals surface area contributed by atoms with Gasteiger partial charge in [-0.05, 0) is 48.9 Å². The maximum Gasteiger partial charge on any atom is 0.421 e. The number of halogens is 6. The van der Waals surface area contributed by atoms with Crippen molar-refractivity contribution in [1.29, 1.82) is 0 Å². The van der Waals surface area contributed by atoms with Gasteiger partial charge in [-0.3, -0.25) is 0 Å². The Morgan fingerprint density at radius 3 is 1.12 bits per heavy atom. The zero-order chi connectivity index (χ0) is 20.3. The summed E-state index contributed by atoms with van der Waals surface area (Å²) in [7, 11) is 0. The van der Waals surface area contributed by atoms with E-state index in [1.54, 1.807) is 0 Å². The molecule has 0 aliphatic carbocycles. The van der Waals surface area contributed by atoms with Crippen LogP contribution in [0, 0.1) is 0 Å². The van der Waals surface area contributed by atoms with Crippen LogP contribution in [0.1, 0.15) is 25.0 Å². The van der Waals surface area contributed by atoms with Gasteiger partial charge in [0.25, 0.3) is 0 Å². The number of phenolic OH excluding ortho intramolecular Hbond substituents is 2. The first-order chi connectivity index (χ1) is 11.5. The smallest absolute Gasteiger partial charge is 0.421 e. The lowest BCUT2D eigenvalue weighted by atomic mass is 9.88. The van der Waals surface area contributed by atoms with Crippen LogP contribution in [-0.2, 0) is 11.2 Å². The van der Waals surface area contributed by atoms with Gasteiger partial charge in [0, 0.05) is 11.1 Å². The Hall–Kier alpha value is -2.20. The lowest BCUT2D eigenvalue weighted by Gasteiger charge is -2.29. The molecule has 10 heteroatoms. The summed E-state index contributed by atoms with van der Waals surface area (Å²) < 4.78 is 77.8. The second-order valence-electron chi connectivity index (χ2n) is 6.23. The Balaban J connectivity index is 2.74. The first kappa shape index (κ1) is 20.1. The largest absolute Gasteiger partial charge is 0.508 e. The molecule has 2 aromatic carbocycles. The summed E-state index contributed by atoms with van der Waals surface area (Å²) in [5, 5.41) is 38.7. The third kappa shape index (κ3) is 3.03. The Morgan fingerprint density at radius 1 is 0.615 bits per heavy atom. The maximum atomic E-state index is 13.0. The highest BCUT2D eigenvalue weighted by atomic mass is 19.4. The number of fused-ring (bicyclic) bond motifs is 1. The minimum Gasteiger partial charge on any atom is -0.508 e. The second kappa shape index (κ2) is 5.65. The van der Waals surface area contributed by atoms with E-state index in [2.05, 4.69) is 0 Å². The van der Waals surface area contributed by atoms with Crippen LogP contribution in [0.25, 0.3) is 10.8 Å². The molecule has 0 radical (unpaired) electrons. The fourth-order valence-corrected chi connectivity index (χ4v) is 2.41. The predicted molar refractivity (Wildman–Crippen MR) is 78.5 cm³/mol. The quantitative estimate of drug-likeness (QED) is 0.594. The van der Waals surface area contributed by atoms with E-state index >= 15 is 0 Å². The molecule has 0 saturated heterocycles. The molecular weight excluding hydrogens is 370 g/mol. The Kier molecular flexibility index (Phi) is 4.37. The number of rotatable bonds is 2. The van der Waals surface area contributed by atoms with Crippen molar-refractivity contribution in [3.8, 4) is 11.5 Å². The molecule has 4 nitrogen and oxygen atoms in total. The molecule has 0 saturated carbocycles. The van der Waals surface area contributed by atoms with E-state index in [1.165, 1.54) is 0 Å². The number of hydrogen-bond donors (Lipinski definition) is 4. The van der Waals surface area contributed by atoms with Crippen LogP contribution in [0.4, 0.5) is 26.3 Å². The van der Waals surface area contributed by atoms with Crippen molar-refractivity contribution in [2.24, 2.45) is 0 Å². The summed E-state index contributed by atoms with van der Waals surface area (Å²) in [5.74, 6) is -2.02. The standard InChI is InChI=1S/C16H14F6O4/c1-13(25,15(17,18)19)9-3-7-6-12(24)10(4-8(7)5-11(9)23)14(2,26)16(20,21)22/h3-6,23-26H,1-2H3. The number of benzene rings is 2. The van der Waals surface area contributed by atoms with Gasteiger partial charge in [-0.2, -0.15) is 26.3 Å². The molecule has 0 fully saturated rings. The Labute approximate surface area is 142 Å². The highest BCUT2D eigenvalue weighted by molar-refractivity contribution is 5.88. The van der Waals surface area contributed by atoms with Crippen LogP contribution >= 0.6 is 0 Å². The summed E-state index contributed by atoms with van der Waals surface area (Å²) in [4.78, 5) is 0. The van der Waals surface area contributed by atoms with Crippen LogP contribution in [0.2, 0.25) is 0 Å². The lowest BCUT2D eigenvalue weighted by molar-refractivity contribution is -0.259. The van der Waals surface area contributed by atoms with E-state index in [0.29, 0.717) is 38.1 Å². The SMILES string of the molecule is CC(O)(c1cc2cc(O)c(C(C)(O)C(F)(F)F)cc2cc1O)C(F)(F)F. The zero-order valence-electron chi connectivity index (χ0n) is 13.4. The number of phenols is 2. The Bertz CT molecular complexity index is 781. The average Bonchev–Trinajstić information content (AvgIpc) is 2.43. The van der Waals surface area contributed by atoms with Crippen LogP contribution < -0.4 is 0 Å². The van der Waals surface area contributed by atoms with E-state index in [9.17, 15) is 46.8 Å². The van der Waals surface area contributed by atoms with Gasteiger partial charge < -0.3 is 20.4 Å². The molecule has 0 bridgehead atoms. The normalized spacial score (nSPS) is 17.8. The van der Waals surface area contributed by atoms with Gasteiger partial charge in [-0.25, -0.2) is 0 Å². The molecule has 4 N–H and O–H groups in total. The highest BCUT2D eigenvalue weighted by Gasteiger charge is 2.53. The van der Waals surface area contributed by atoms with E-state index in [1.807, 2.05) is 0 Å². The molecule has 2 atom stereocenters. The predicted octanol–water partition coefficient (Wildman–Crippen LogP) is 3.79. The third-order valence-electron chi connectivity index (χ3n) is 4.22. The fourth-order valence-electron chi connectivity index (χ4n) is 2.41. The van der Waals surface area contributed by atoms with Crippen molar-refractivity contribution < 1.29 is 46.8 Å². The second-order valence-corrected chi connectivity index (χ2v) is 6.23. The van der Waals surface area contributed by atoms with Crippen LogP contribution in [0.15, 0.2) is 24.3 Å². The van der Waals surface area contributed by atoms with Crippen molar-refractivity contribution in [3.05, 3.63) is 35.4 Å².